The third-order valence-electron chi connectivity index (χ3n) is 5.84. The number of carbonyl (C=O) groups is 2. The normalized spacial score (nSPS) is 10.8. The number of esters is 2. The van der Waals surface area contributed by atoms with Crippen LogP contribution in [0.5, 0.6) is 5.88 Å². The van der Waals surface area contributed by atoms with Gasteiger partial charge in [0.05, 0.1) is 23.9 Å². The number of aromatic nitrogens is 2. The van der Waals surface area contributed by atoms with E-state index in [1.807, 2.05) is 6.07 Å². The maximum Gasteiger partial charge on any atom is 0.345 e. The van der Waals surface area contributed by atoms with Gasteiger partial charge in [-0.15, -0.1) is 0 Å². The first-order chi connectivity index (χ1) is 16.7. The van der Waals surface area contributed by atoms with E-state index >= 15 is 0 Å². The van der Waals surface area contributed by atoms with Gasteiger partial charge in [-0.05, 0) is 30.9 Å². The third-order valence-corrected chi connectivity index (χ3v) is 5.84. The Balaban J connectivity index is 2.07. The van der Waals surface area contributed by atoms with E-state index in [1.54, 1.807) is 12.1 Å². The predicted molar refractivity (Wildman–Crippen MR) is 134 cm³/mol. The maximum absolute atomic E-state index is 13.1. The molecule has 0 unspecified atom stereocenters. The number of hydrogen-bond donors (Lipinski definition) is 0. The zero-order valence-corrected chi connectivity index (χ0v) is 20.9. The lowest BCUT2D eigenvalue weighted by Gasteiger charge is -2.14. The van der Waals surface area contributed by atoms with E-state index in [2.05, 4.69) is 23.8 Å². The summed E-state index contributed by atoms with van der Waals surface area (Å²) in [7, 11) is 0. The number of aryl methyl sites for hydroxylation is 1. The van der Waals surface area contributed by atoms with Gasteiger partial charge in [0.25, 0.3) is 0 Å². The Bertz CT molecular complexity index is 855. The highest BCUT2D eigenvalue weighted by Crippen LogP contribution is 2.21. The Morgan fingerprint density at radius 1 is 0.794 bits per heavy atom. The summed E-state index contributed by atoms with van der Waals surface area (Å²) in [4.78, 5) is 33.9. The number of ether oxygens (including phenoxy) is 2. The molecule has 6 heteroatoms. The fraction of sp³-hybridized carbons (Fsp3) is 0.571. The molecule has 0 saturated heterocycles. The van der Waals surface area contributed by atoms with E-state index in [-0.39, 0.29) is 11.4 Å². The summed E-state index contributed by atoms with van der Waals surface area (Å²) in [6.07, 6.45) is 18.7. The van der Waals surface area contributed by atoms with Crippen LogP contribution in [0.4, 0.5) is 0 Å². The summed E-state index contributed by atoms with van der Waals surface area (Å²) in [5, 5.41) is 0. The molecule has 0 atom stereocenters. The molecule has 0 bridgehead atoms. The summed E-state index contributed by atoms with van der Waals surface area (Å²) in [5.41, 5.74) is 1.36. The van der Waals surface area contributed by atoms with Gasteiger partial charge in [0, 0.05) is 12.4 Å². The van der Waals surface area contributed by atoms with Crippen LogP contribution in [0.25, 0.3) is 0 Å². The van der Waals surface area contributed by atoms with E-state index in [9.17, 15) is 9.59 Å². The van der Waals surface area contributed by atoms with Gasteiger partial charge in [-0.25, -0.2) is 14.6 Å². The second-order valence-corrected chi connectivity index (χ2v) is 8.69. The van der Waals surface area contributed by atoms with Gasteiger partial charge in [-0.2, -0.15) is 0 Å². The molecule has 0 radical (unpaired) electrons. The van der Waals surface area contributed by atoms with Crippen LogP contribution in [0, 0.1) is 0 Å². The SMILES string of the molecule is CCCCCCCCOC(=O)c1c(CCCCCCCC)cccc1C(=O)Oc1cnccn1. The maximum atomic E-state index is 13.1. The highest BCUT2D eigenvalue weighted by atomic mass is 16.5. The van der Waals surface area contributed by atoms with Gasteiger partial charge < -0.3 is 9.47 Å². The minimum Gasteiger partial charge on any atom is -0.462 e. The van der Waals surface area contributed by atoms with Crippen LogP contribution in [0.1, 0.15) is 117 Å². The second kappa shape index (κ2) is 16.8. The Labute approximate surface area is 204 Å². The molecule has 1 aromatic carbocycles. The first-order valence-electron chi connectivity index (χ1n) is 12.9. The average Bonchev–Trinajstić information content (AvgIpc) is 2.86. The van der Waals surface area contributed by atoms with Gasteiger partial charge >= 0.3 is 11.9 Å². The van der Waals surface area contributed by atoms with E-state index < -0.39 is 11.9 Å². The molecule has 34 heavy (non-hydrogen) atoms. The van der Waals surface area contributed by atoms with Crippen molar-refractivity contribution in [3.05, 3.63) is 53.5 Å². The Morgan fingerprint density at radius 3 is 2.15 bits per heavy atom. The number of unbranched alkanes of at least 4 members (excludes halogenated alkanes) is 10. The fourth-order valence-electron chi connectivity index (χ4n) is 3.92. The predicted octanol–water partition coefficient (Wildman–Crippen LogP) is 7.12. The first kappa shape index (κ1) is 27.5. The minimum absolute atomic E-state index is 0.0974. The number of rotatable bonds is 17. The average molecular weight is 469 g/mol. The highest BCUT2D eigenvalue weighted by Gasteiger charge is 2.23. The van der Waals surface area contributed by atoms with Crippen molar-refractivity contribution in [1.82, 2.24) is 9.97 Å². The molecule has 0 aliphatic carbocycles. The molecule has 0 fully saturated rings. The van der Waals surface area contributed by atoms with Gasteiger partial charge in [-0.3, -0.25) is 4.98 Å². The topological polar surface area (TPSA) is 78.4 Å². The number of benzene rings is 1. The van der Waals surface area contributed by atoms with Crippen molar-refractivity contribution < 1.29 is 19.1 Å². The monoisotopic (exact) mass is 468 g/mol. The number of hydrogen-bond acceptors (Lipinski definition) is 6. The summed E-state index contributed by atoms with van der Waals surface area (Å²) in [5.74, 6) is -0.988. The van der Waals surface area contributed by atoms with Gasteiger partial charge in [-0.1, -0.05) is 90.2 Å². The van der Waals surface area contributed by atoms with Crippen LogP contribution >= 0.6 is 0 Å². The Kier molecular flexibility index (Phi) is 13.6. The highest BCUT2D eigenvalue weighted by molar-refractivity contribution is 6.04. The van der Waals surface area contributed by atoms with Crippen molar-refractivity contribution in [3.8, 4) is 5.88 Å². The van der Waals surface area contributed by atoms with Crippen molar-refractivity contribution in [2.45, 2.75) is 97.3 Å². The van der Waals surface area contributed by atoms with E-state index in [1.165, 1.54) is 63.5 Å². The Hall–Kier alpha value is -2.76. The largest absolute Gasteiger partial charge is 0.462 e. The number of nitrogens with zero attached hydrogens (tertiary/aromatic N) is 2. The van der Waals surface area contributed by atoms with Crippen molar-refractivity contribution in [2.75, 3.05) is 6.61 Å². The van der Waals surface area contributed by atoms with E-state index in [0.29, 0.717) is 12.2 Å². The minimum atomic E-state index is -0.628. The molecule has 0 saturated carbocycles. The summed E-state index contributed by atoms with van der Waals surface area (Å²) >= 11 is 0. The first-order valence-corrected chi connectivity index (χ1v) is 12.9. The van der Waals surface area contributed by atoms with Crippen molar-refractivity contribution in [1.29, 1.82) is 0 Å². The molecule has 6 nitrogen and oxygen atoms in total. The molecular weight excluding hydrogens is 428 g/mol. The van der Waals surface area contributed by atoms with Crippen LogP contribution < -0.4 is 4.74 Å². The molecule has 1 aromatic heterocycles. The Morgan fingerprint density at radius 2 is 1.47 bits per heavy atom. The molecule has 0 aliphatic heterocycles. The summed E-state index contributed by atoms with van der Waals surface area (Å²) in [6, 6.07) is 5.32. The van der Waals surface area contributed by atoms with Gasteiger partial charge in [0.1, 0.15) is 0 Å². The molecule has 2 aromatic rings. The quantitative estimate of drug-likeness (QED) is 0.182. The molecular formula is C28H40N2O4. The van der Waals surface area contributed by atoms with Crippen molar-refractivity contribution >= 4 is 11.9 Å². The molecule has 186 valence electrons. The molecule has 0 amide bonds. The van der Waals surface area contributed by atoms with Gasteiger partial charge in [0.15, 0.2) is 0 Å². The molecule has 0 aliphatic rings. The van der Waals surface area contributed by atoms with Crippen LogP contribution in [0.3, 0.4) is 0 Å². The lowest BCUT2D eigenvalue weighted by Crippen LogP contribution is -2.19. The lowest BCUT2D eigenvalue weighted by atomic mass is 9.96. The molecule has 1 heterocycles. The fourth-order valence-corrected chi connectivity index (χ4v) is 3.92. The smallest absolute Gasteiger partial charge is 0.345 e. The summed E-state index contributed by atoms with van der Waals surface area (Å²) in [6.45, 7) is 4.75. The van der Waals surface area contributed by atoms with Crippen LogP contribution in [0.15, 0.2) is 36.8 Å². The second-order valence-electron chi connectivity index (χ2n) is 8.69. The molecule has 0 N–H and O–H groups in total. The van der Waals surface area contributed by atoms with Crippen LogP contribution in [0.2, 0.25) is 0 Å². The third kappa shape index (κ3) is 10.0. The van der Waals surface area contributed by atoms with Crippen LogP contribution in [-0.4, -0.2) is 28.5 Å². The van der Waals surface area contributed by atoms with Crippen molar-refractivity contribution in [2.24, 2.45) is 0 Å². The van der Waals surface area contributed by atoms with E-state index in [0.717, 1.165) is 44.1 Å². The standard InChI is InChI=1S/C28H40N2O4/c1-3-5-7-9-11-13-16-23-17-15-18-24(27(31)34-25-22-29-19-20-30-25)26(23)28(32)33-21-14-12-10-8-6-4-2/h15,17-20,22H,3-14,16,21H2,1-2H3. The summed E-state index contributed by atoms with van der Waals surface area (Å²) < 4.78 is 11.0. The lowest BCUT2D eigenvalue weighted by molar-refractivity contribution is 0.0487. The molecule has 0 spiro atoms. The molecule has 2 rings (SSSR count). The number of carbonyl (C=O) groups excluding carboxylic acids is 2. The van der Waals surface area contributed by atoms with Crippen molar-refractivity contribution in [3.63, 3.8) is 0 Å². The van der Waals surface area contributed by atoms with Crippen LogP contribution in [-0.2, 0) is 11.2 Å². The zero-order chi connectivity index (χ0) is 24.4. The van der Waals surface area contributed by atoms with Gasteiger partial charge in [0.2, 0.25) is 5.88 Å². The van der Waals surface area contributed by atoms with E-state index in [4.69, 9.17) is 9.47 Å². The zero-order valence-electron chi connectivity index (χ0n) is 20.9.